The lowest BCUT2D eigenvalue weighted by Gasteiger charge is -1.98. The number of hydrogen-bond acceptors (Lipinski definition) is 3. The lowest BCUT2D eigenvalue weighted by atomic mass is 10.1. The lowest BCUT2D eigenvalue weighted by Crippen LogP contribution is -2.22. The van der Waals surface area contributed by atoms with Crippen LogP contribution in [0.15, 0.2) is 45.7 Å². The molecule has 2 aromatic heterocycles. The first kappa shape index (κ1) is 14.6. The first-order valence-corrected chi connectivity index (χ1v) is 8.83. The Morgan fingerprint density at radius 1 is 1.13 bits per heavy atom. The maximum atomic E-state index is 12.8. The van der Waals surface area contributed by atoms with Crippen molar-refractivity contribution in [2.24, 2.45) is 0 Å². The zero-order chi connectivity index (χ0) is 16.1. The van der Waals surface area contributed by atoms with Crippen molar-refractivity contribution in [3.63, 3.8) is 0 Å². The van der Waals surface area contributed by atoms with Crippen LogP contribution in [0, 0.1) is 13.8 Å². The van der Waals surface area contributed by atoms with E-state index in [0.717, 1.165) is 26.0 Å². The van der Waals surface area contributed by atoms with E-state index in [0.29, 0.717) is 4.53 Å². The number of imidazole rings is 1. The Bertz CT molecular complexity index is 1160. The fourth-order valence-electron chi connectivity index (χ4n) is 2.63. The smallest absolute Gasteiger partial charge is 0.267 e. The van der Waals surface area contributed by atoms with Crippen LogP contribution in [0.25, 0.3) is 22.1 Å². The molecular weight excluding hydrogens is 372 g/mol. The van der Waals surface area contributed by atoms with Gasteiger partial charge in [0.25, 0.3) is 5.56 Å². The monoisotopic (exact) mass is 384 g/mol. The number of aryl methyl sites for hydroxylation is 2. The molecule has 5 heteroatoms. The predicted octanol–water partition coefficient (Wildman–Crippen LogP) is 3.84. The second-order valence-corrected chi connectivity index (χ2v) is 7.55. The fourth-order valence-corrected chi connectivity index (χ4v) is 3.88. The van der Waals surface area contributed by atoms with Gasteiger partial charge in [0.2, 0.25) is 0 Å². The average molecular weight is 385 g/mol. The molecule has 0 saturated carbocycles. The van der Waals surface area contributed by atoms with Crippen molar-refractivity contribution in [1.29, 1.82) is 0 Å². The van der Waals surface area contributed by atoms with Crippen molar-refractivity contribution in [2.75, 3.05) is 0 Å². The summed E-state index contributed by atoms with van der Waals surface area (Å²) in [5, 5.41) is 0. The maximum Gasteiger partial charge on any atom is 0.274 e. The Morgan fingerprint density at radius 2 is 1.83 bits per heavy atom. The second-order valence-electron chi connectivity index (χ2n) is 5.62. The molecule has 0 atom stereocenters. The number of rotatable bonds is 1. The van der Waals surface area contributed by atoms with Gasteiger partial charge in [-0.15, -0.1) is 0 Å². The topological polar surface area (TPSA) is 34.4 Å². The molecule has 0 saturated heterocycles. The molecule has 4 aromatic rings. The van der Waals surface area contributed by atoms with Gasteiger partial charge in [0.1, 0.15) is 0 Å². The summed E-state index contributed by atoms with van der Waals surface area (Å²) in [6.45, 7) is 4.12. The van der Waals surface area contributed by atoms with Crippen LogP contribution in [0.5, 0.6) is 0 Å². The Hall–Kier alpha value is -1.98. The SMILES string of the molecule is Cc1cc2nc3s/c(=C\c4ccc(Br)cc4)c(=O)n3c2cc1C. The quantitative estimate of drug-likeness (QED) is 0.499. The van der Waals surface area contributed by atoms with Crippen molar-refractivity contribution in [2.45, 2.75) is 13.8 Å². The number of benzene rings is 2. The van der Waals surface area contributed by atoms with E-state index in [2.05, 4.69) is 34.8 Å². The molecule has 2 aromatic carbocycles. The van der Waals surface area contributed by atoms with E-state index in [4.69, 9.17) is 0 Å². The number of thiazole rings is 1. The van der Waals surface area contributed by atoms with Gasteiger partial charge >= 0.3 is 0 Å². The van der Waals surface area contributed by atoms with Gasteiger partial charge in [-0.2, -0.15) is 0 Å². The van der Waals surface area contributed by atoms with E-state index >= 15 is 0 Å². The minimum Gasteiger partial charge on any atom is -0.267 e. The predicted molar refractivity (Wildman–Crippen MR) is 99.2 cm³/mol. The molecule has 3 nitrogen and oxygen atoms in total. The highest BCUT2D eigenvalue weighted by Crippen LogP contribution is 2.20. The summed E-state index contributed by atoms with van der Waals surface area (Å²) in [6, 6.07) is 12.0. The zero-order valence-corrected chi connectivity index (χ0v) is 15.0. The van der Waals surface area contributed by atoms with Crippen molar-refractivity contribution >= 4 is 49.3 Å². The fraction of sp³-hybridized carbons (Fsp3) is 0.111. The number of halogens is 1. The van der Waals surface area contributed by atoms with Gasteiger partial charge in [-0.05, 0) is 60.9 Å². The molecule has 2 heterocycles. The summed E-state index contributed by atoms with van der Waals surface area (Å²) in [4.78, 5) is 18.1. The summed E-state index contributed by atoms with van der Waals surface area (Å²) in [5.74, 6) is 0. The number of nitrogens with zero attached hydrogens (tertiary/aromatic N) is 2. The molecule has 0 aliphatic heterocycles. The molecule has 0 aliphatic rings. The average Bonchev–Trinajstić information content (AvgIpc) is 3.00. The lowest BCUT2D eigenvalue weighted by molar-refractivity contribution is 1.18. The third-order valence-corrected chi connectivity index (χ3v) is 5.52. The molecule has 0 spiro atoms. The van der Waals surface area contributed by atoms with Crippen LogP contribution in [-0.4, -0.2) is 9.38 Å². The number of aromatic nitrogens is 2. The van der Waals surface area contributed by atoms with Crippen LogP contribution in [0.3, 0.4) is 0 Å². The van der Waals surface area contributed by atoms with Gasteiger partial charge in [0.15, 0.2) is 4.96 Å². The van der Waals surface area contributed by atoms with E-state index in [1.54, 1.807) is 4.40 Å². The van der Waals surface area contributed by atoms with Crippen molar-refractivity contribution in [1.82, 2.24) is 9.38 Å². The summed E-state index contributed by atoms with van der Waals surface area (Å²) in [5.41, 5.74) is 5.14. The number of fused-ring (bicyclic) bond motifs is 3. The standard InChI is InChI=1S/C18H13BrN2OS/c1-10-7-14-15(8-11(10)2)21-17(22)16(23-18(21)20-14)9-12-3-5-13(19)6-4-12/h3-9H,1-2H3/b16-9-. The van der Waals surface area contributed by atoms with Gasteiger partial charge in [-0.25, -0.2) is 9.38 Å². The Morgan fingerprint density at radius 3 is 2.57 bits per heavy atom. The molecule has 23 heavy (non-hydrogen) atoms. The highest BCUT2D eigenvalue weighted by atomic mass is 79.9. The highest BCUT2D eigenvalue weighted by molar-refractivity contribution is 9.10. The number of hydrogen-bond donors (Lipinski definition) is 0. The molecule has 0 bridgehead atoms. The van der Waals surface area contributed by atoms with Crippen LogP contribution in [-0.2, 0) is 0 Å². The van der Waals surface area contributed by atoms with Crippen LogP contribution < -0.4 is 10.1 Å². The maximum absolute atomic E-state index is 12.8. The minimum atomic E-state index is -0.00123. The first-order chi connectivity index (χ1) is 11.0. The van der Waals surface area contributed by atoms with E-state index in [1.807, 2.05) is 42.5 Å². The van der Waals surface area contributed by atoms with Gasteiger partial charge < -0.3 is 0 Å². The first-order valence-electron chi connectivity index (χ1n) is 7.22. The summed E-state index contributed by atoms with van der Waals surface area (Å²) in [6.07, 6.45) is 1.92. The van der Waals surface area contributed by atoms with Gasteiger partial charge in [0, 0.05) is 4.47 Å². The Labute approximate surface area is 145 Å². The van der Waals surface area contributed by atoms with Gasteiger partial charge in [0.05, 0.1) is 15.6 Å². The third kappa shape index (κ3) is 2.40. The normalized spacial score (nSPS) is 12.6. The summed E-state index contributed by atoms with van der Waals surface area (Å²) in [7, 11) is 0. The Kier molecular flexibility index (Phi) is 3.36. The van der Waals surface area contributed by atoms with Gasteiger partial charge in [-0.3, -0.25) is 4.79 Å². The van der Waals surface area contributed by atoms with E-state index in [9.17, 15) is 4.79 Å². The molecule has 0 radical (unpaired) electrons. The van der Waals surface area contributed by atoms with Crippen LogP contribution in [0.2, 0.25) is 0 Å². The zero-order valence-electron chi connectivity index (χ0n) is 12.6. The van der Waals surface area contributed by atoms with Crippen molar-refractivity contribution in [3.05, 3.63) is 72.4 Å². The summed E-state index contributed by atoms with van der Waals surface area (Å²) >= 11 is 4.85. The van der Waals surface area contributed by atoms with E-state index in [1.165, 1.54) is 22.5 Å². The molecule has 0 N–H and O–H groups in total. The minimum absolute atomic E-state index is 0.00123. The second kappa shape index (κ2) is 5.28. The van der Waals surface area contributed by atoms with E-state index in [-0.39, 0.29) is 5.56 Å². The molecule has 0 aliphatic carbocycles. The molecular formula is C18H13BrN2OS. The molecule has 4 rings (SSSR count). The Balaban J connectivity index is 2.00. The van der Waals surface area contributed by atoms with Crippen LogP contribution in [0.4, 0.5) is 0 Å². The van der Waals surface area contributed by atoms with Crippen LogP contribution >= 0.6 is 27.3 Å². The van der Waals surface area contributed by atoms with Crippen molar-refractivity contribution in [3.8, 4) is 0 Å². The third-order valence-electron chi connectivity index (χ3n) is 4.02. The summed E-state index contributed by atoms with van der Waals surface area (Å²) < 4.78 is 3.45. The molecule has 0 unspecified atom stereocenters. The largest absolute Gasteiger partial charge is 0.274 e. The van der Waals surface area contributed by atoms with Crippen LogP contribution in [0.1, 0.15) is 16.7 Å². The molecule has 114 valence electrons. The van der Waals surface area contributed by atoms with Gasteiger partial charge in [-0.1, -0.05) is 39.4 Å². The van der Waals surface area contributed by atoms with E-state index < -0.39 is 0 Å². The molecule has 0 fully saturated rings. The highest BCUT2D eigenvalue weighted by Gasteiger charge is 2.12. The molecule has 0 amide bonds. The van der Waals surface area contributed by atoms with Crippen molar-refractivity contribution < 1.29 is 0 Å².